The third-order valence-corrected chi connectivity index (χ3v) is 5.01. The lowest BCUT2D eigenvalue weighted by molar-refractivity contribution is 0.151. The second-order valence-corrected chi connectivity index (χ2v) is 6.80. The SMILES string of the molecule is Nc1nc2c(OCF)c(OCF)ccc2c2nc(CCN3CCC(F)CC3)nn12. The molecule has 1 aliphatic heterocycles. The van der Waals surface area contributed by atoms with Gasteiger partial charge < -0.3 is 20.1 Å². The number of likely N-dealkylation sites (tertiary alicyclic amines) is 1. The Morgan fingerprint density at radius 2 is 1.86 bits per heavy atom. The third-order valence-electron chi connectivity index (χ3n) is 5.01. The standard InChI is InChI=1S/C18H21F3N6O2/c19-9-28-13-2-1-12-15(16(13)29-10-20)24-18(22)27-17(12)23-14(25-27)5-8-26-6-3-11(21)4-7-26/h1-2,11H,3-10H2,(H2,22,24). The first-order valence-electron chi connectivity index (χ1n) is 9.32. The molecule has 3 heterocycles. The number of rotatable bonds is 7. The number of halogens is 3. The maximum atomic E-state index is 13.3. The number of nitrogens with two attached hydrogens (primary N) is 1. The molecule has 156 valence electrons. The molecule has 0 saturated carbocycles. The fourth-order valence-electron chi connectivity index (χ4n) is 3.55. The van der Waals surface area contributed by atoms with E-state index in [9.17, 15) is 13.2 Å². The second kappa shape index (κ2) is 8.27. The van der Waals surface area contributed by atoms with Crippen LogP contribution in [0.5, 0.6) is 11.5 Å². The summed E-state index contributed by atoms with van der Waals surface area (Å²) in [6.45, 7) is -0.104. The molecular weight excluding hydrogens is 389 g/mol. The summed E-state index contributed by atoms with van der Waals surface area (Å²) >= 11 is 0. The number of piperidine rings is 1. The van der Waals surface area contributed by atoms with Crippen LogP contribution < -0.4 is 15.2 Å². The van der Waals surface area contributed by atoms with Crippen LogP contribution in [-0.4, -0.2) is 64.0 Å². The summed E-state index contributed by atoms with van der Waals surface area (Å²) in [5.74, 6) is 0.566. The molecule has 1 fully saturated rings. The average Bonchev–Trinajstić information content (AvgIpc) is 3.15. The molecule has 1 saturated heterocycles. The number of nitrogens with zero attached hydrogens (tertiary/aromatic N) is 5. The van der Waals surface area contributed by atoms with Crippen molar-refractivity contribution in [2.24, 2.45) is 0 Å². The van der Waals surface area contributed by atoms with E-state index in [2.05, 4.69) is 20.0 Å². The molecular formula is C18H21F3N6O2. The van der Waals surface area contributed by atoms with Crippen molar-refractivity contribution in [3.63, 3.8) is 0 Å². The van der Waals surface area contributed by atoms with E-state index in [-0.39, 0.29) is 23.0 Å². The number of hydrogen-bond acceptors (Lipinski definition) is 7. The van der Waals surface area contributed by atoms with Crippen LogP contribution in [0.1, 0.15) is 18.7 Å². The number of anilines is 1. The lowest BCUT2D eigenvalue weighted by Crippen LogP contribution is -2.35. The zero-order valence-corrected chi connectivity index (χ0v) is 15.7. The van der Waals surface area contributed by atoms with Gasteiger partial charge in [0.25, 0.3) is 0 Å². The van der Waals surface area contributed by atoms with Crippen molar-refractivity contribution in [3.8, 4) is 11.5 Å². The summed E-state index contributed by atoms with van der Waals surface area (Å²) in [5, 5.41) is 4.93. The van der Waals surface area contributed by atoms with E-state index >= 15 is 0 Å². The van der Waals surface area contributed by atoms with Crippen molar-refractivity contribution in [2.45, 2.75) is 25.4 Å². The highest BCUT2D eigenvalue weighted by atomic mass is 19.1. The lowest BCUT2D eigenvalue weighted by atomic mass is 10.1. The van der Waals surface area contributed by atoms with E-state index in [0.29, 0.717) is 55.8 Å². The summed E-state index contributed by atoms with van der Waals surface area (Å²) in [5.41, 5.74) is 6.65. The van der Waals surface area contributed by atoms with Gasteiger partial charge in [-0.05, 0) is 25.0 Å². The van der Waals surface area contributed by atoms with Crippen molar-refractivity contribution in [3.05, 3.63) is 18.0 Å². The summed E-state index contributed by atoms with van der Waals surface area (Å²) in [7, 11) is 0. The van der Waals surface area contributed by atoms with Crippen LogP contribution in [0.3, 0.4) is 0 Å². The van der Waals surface area contributed by atoms with Crippen molar-refractivity contribution >= 4 is 22.5 Å². The van der Waals surface area contributed by atoms with Gasteiger partial charge in [-0.15, -0.1) is 5.10 Å². The van der Waals surface area contributed by atoms with Gasteiger partial charge in [0, 0.05) is 31.4 Å². The highest BCUT2D eigenvalue weighted by molar-refractivity contribution is 5.97. The molecule has 4 rings (SSSR count). The predicted octanol–water partition coefficient (Wildman–Crippen LogP) is 2.45. The van der Waals surface area contributed by atoms with E-state index in [1.165, 1.54) is 10.6 Å². The number of fused-ring (bicyclic) bond motifs is 3. The Morgan fingerprint density at radius 3 is 2.59 bits per heavy atom. The summed E-state index contributed by atoms with van der Waals surface area (Å²) in [4.78, 5) is 10.9. The molecule has 0 amide bonds. The Labute approximate surface area is 164 Å². The van der Waals surface area contributed by atoms with E-state index in [1.54, 1.807) is 6.07 Å². The molecule has 11 heteroatoms. The molecule has 0 aliphatic carbocycles. The number of benzene rings is 1. The van der Waals surface area contributed by atoms with Gasteiger partial charge in [0.2, 0.25) is 19.7 Å². The number of hydrogen-bond donors (Lipinski definition) is 1. The second-order valence-electron chi connectivity index (χ2n) is 6.80. The quantitative estimate of drug-likeness (QED) is 0.640. The molecule has 8 nitrogen and oxygen atoms in total. The fourth-order valence-corrected chi connectivity index (χ4v) is 3.55. The van der Waals surface area contributed by atoms with Gasteiger partial charge in [0.05, 0.1) is 0 Å². The predicted molar refractivity (Wildman–Crippen MR) is 100 cm³/mol. The van der Waals surface area contributed by atoms with E-state index in [4.69, 9.17) is 15.2 Å². The largest absolute Gasteiger partial charge is 0.459 e. The van der Waals surface area contributed by atoms with Gasteiger partial charge in [0.15, 0.2) is 23.0 Å². The molecule has 1 aromatic carbocycles. The summed E-state index contributed by atoms with van der Waals surface area (Å²) < 4.78 is 50.0. The van der Waals surface area contributed by atoms with Crippen LogP contribution in [0.4, 0.5) is 19.1 Å². The topological polar surface area (TPSA) is 90.8 Å². The van der Waals surface area contributed by atoms with Crippen LogP contribution >= 0.6 is 0 Å². The van der Waals surface area contributed by atoms with Crippen molar-refractivity contribution in [2.75, 3.05) is 39.1 Å². The third kappa shape index (κ3) is 3.86. The first-order valence-corrected chi connectivity index (χ1v) is 9.32. The summed E-state index contributed by atoms with van der Waals surface area (Å²) in [6.07, 6.45) is 0.932. The van der Waals surface area contributed by atoms with Crippen LogP contribution in [0.2, 0.25) is 0 Å². The van der Waals surface area contributed by atoms with Crippen LogP contribution in [0.25, 0.3) is 16.6 Å². The first kappa shape index (κ1) is 19.5. The maximum absolute atomic E-state index is 13.3. The molecule has 0 atom stereocenters. The van der Waals surface area contributed by atoms with Crippen molar-refractivity contribution in [1.29, 1.82) is 0 Å². The van der Waals surface area contributed by atoms with Crippen molar-refractivity contribution in [1.82, 2.24) is 24.5 Å². The van der Waals surface area contributed by atoms with Gasteiger partial charge >= 0.3 is 0 Å². The van der Waals surface area contributed by atoms with Gasteiger partial charge in [-0.3, -0.25) is 0 Å². The van der Waals surface area contributed by atoms with E-state index < -0.39 is 19.9 Å². The molecule has 0 spiro atoms. The zero-order chi connectivity index (χ0) is 20.4. The molecule has 0 unspecified atom stereocenters. The summed E-state index contributed by atoms with van der Waals surface area (Å²) in [6, 6.07) is 3.08. The highest BCUT2D eigenvalue weighted by Crippen LogP contribution is 2.36. The molecule has 0 radical (unpaired) electrons. The molecule has 3 aromatic rings. The Morgan fingerprint density at radius 1 is 1.10 bits per heavy atom. The molecule has 2 aromatic heterocycles. The minimum Gasteiger partial charge on any atom is -0.459 e. The van der Waals surface area contributed by atoms with Crippen molar-refractivity contribution < 1.29 is 22.6 Å². The Kier molecular flexibility index (Phi) is 5.56. The minimum atomic E-state index is -1.14. The number of alkyl halides is 3. The average molecular weight is 410 g/mol. The zero-order valence-electron chi connectivity index (χ0n) is 15.7. The number of nitrogen functional groups attached to an aromatic ring is 1. The van der Waals surface area contributed by atoms with Gasteiger partial charge in [-0.1, -0.05) is 0 Å². The molecule has 1 aliphatic rings. The van der Waals surface area contributed by atoms with Crippen LogP contribution in [0, 0.1) is 0 Å². The van der Waals surface area contributed by atoms with Crippen LogP contribution in [0.15, 0.2) is 12.1 Å². The van der Waals surface area contributed by atoms with Gasteiger partial charge in [-0.25, -0.2) is 23.1 Å². The fraction of sp³-hybridized carbons (Fsp3) is 0.500. The van der Waals surface area contributed by atoms with E-state index in [1.807, 2.05) is 0 Å². The van der Waals surface area contributed by atoms with Crippen LogP contribution in [-0.2, 0) is 6.42 Å². The number of aromatic nitrogens is 4. The first-order chi connectivity index (χ1) is 14.1. The Balaban J connectivity index is 1.67. The molecule has 29 heavy (non-hydrogen) atoms. The molecule has 2 N–H and O–H groups in total. The minimum absolute atomic E-state index is 0.0184. The maximum Gasteiger partial charge on any atom is 0.228 e. The lowest BCUT2D eigenvalue weighted by Gasteiger charge is -2.27. The Bertz CT molecular complexity index is 1010. The van der Waals surface area contributed by atoms with Gasteiger partial charge in [-0.2, -0.15) is 4.52 Å². The monoisotopic (exact) mass is 410 g/mol. The number of ether oxygens (including phenoxy) is 2. The van der Waals surface area contributed by atoms with E-state index in [0.717, 1.165) is 0 Å². The molecule has 0 bridgehead atoms. The highest BCUT2D eigenvalue weighted by Gasteiger charge is 2.21. The normalized spacial score (nSPS) is 16.0. The Hall–Kier alpha value is -2.82. The smallest absolute Gasteiger partial charge is 0.228 e. The van der Waals surface area contributed by atoms with Gasteiger partial charge in [0.1, 0.15) is 11.7 Å².